The van der Waals surface area contributed by atoms with E-state index < -0.39 is 5.60 Å². The smallest absolute Gasteiger partial charge is 0.220 e. The van der Waals surface area contributed by atoms with Crippen LogP contribution in [0.15, 0.2) is 0 Å². The molecule has 0 atom stereocenters. The highest BCUT2D eigenvalue weighted by Gasteiger charge is 2.16. The van der Waals surface area contributed by atoms with Crippen molar-refractivity contribution >= 4 is 5.91 Å². The Morgan fingerprint density at radius 1 is 1.36 bits per heavy atom. The predicted molar refractivity (Wildman–Crippen MR) is 56.8 cm³/mol. The summed E-state index contributed by atoms with van der Waals surface area (Å²) in [6.07, 6.45) is 1.05. The fourth-order valence-electron chi connectivity index (χ4n) is 0.839. The maximum absolute atomic E-state index is 11.3. The van der Waals surface area contributed by atoms with Gasteiger partial charge in [-0.2, -0.15) is 0 Å². The van der Waals surface area contributed by atoms with Gasteiger partial charge >= 0.3 is 0 Å². The Bertz CT molecular complexity index is 169. The molecule has 0 aliphatic rings. The number of hydrogen-bond donors (Lipinski definition) is 3. The minimum atomic E-state index is -0.853. The summed E-state index contributed by atoms with van der Waals surface area (Å²) in [7, 11) is 0. The molecule has 0 fully saturated rings. The van der Waals surface area contributed by atoms with Gasteiger partial charge in [0.2, 0.25) is 5.91 Å². The summed E-state index contributed by atoms with van der Waals surface area (Å²) in [6.45, 7) is 7.35. The van der Waals surface area contributed by atoms with Crippen LogP contribution in [0.4, 0.5) is 0 Å². The van der Waals surface area contributed by atoms with E-state index in [1.54, 1.807) is 13.8 Å². The molecule has 4 heteroatoms. The number of nitrogens with two attached hydrogens (primary N) is 1. The van der Waals surface area contributed by atoms with Crippen molar-refractivity contribution < 1.29 is 9.90 Å². The highest BCUT2D eigenvalue weighted by Crippen LogP contribution is 2.06. The fraction of sp³-hybridized carbons (Fsp3) is 0.900. The van der Waals surface area contributed by atoms with Crippen molar-refractivity contribution in [3.05, 3.63) is 0 Å². The first-order valence-electron chi connectivity index (χ1n) is 4.88. The number of carbonyl (C=O) groups excluding carboxylic acids is 1. The van der Waals surface area contributed by atoms with Gasteiger partial charge in [0.1, 0.15) is 0 Å². The minimum absolute atomic E-state index is 0.0642. The Kier molecular flexibility index (Phi) is 4.55. The van der Waals surface area contributed by atoms with Crippen molar-refractivity contribution in [1.29, 1.82) is 0 Å². The van der Waals surface area contributed by atoms with E-state index >= 15 is 0 Å². The van der Waals surface area contributed by atoms with Gasteiger partial charge in [0.05, 0.1) is 5.60 Å². The van der Waals surface area contributed by atoms with E-state index in [4.69, 9.17) is 5.73 Å². The summed E-state index contributed by atoms with van der Waals surface area (Å²) in [6, 6.07) is 0. The summed E-state index contributed by atoms with van der Waals surface area (Å²) in [4.78, 5) is 11.3. The molecule has 0 aliphatic carbocycles. The van der Waals surface area contributed by atoms with Crippen molar-refractivity contribution in [2.45, 2.75) is 51.7 Å². The van der Waals surface area contributed by atoms with E-state index in [0.29, 0.717) is 12.8 Å². The average Bonchev–Trinajstić information content (AvgIpc) is 1.94. The second-order valence-corrected chi connectivity index (χ2v) is 5.08. The van der Waals surface area contributed by atoms with Crippen molar-refractivity contribution in [3.63, 3.8) is 0 Å². The molecule has 0 aliphatic heterocycles. The van der Waals surface area contributed by atoms with E-state index in [0.717, 1.165) is 0 Å². The third-order valence-corrected chi connectivity index (χ3v) is 1.71. The van der Waals surface area contributed by atoms with Gasteiger partial charge in [0, 0.05) is 18.5 Å². The van der Waals surface area contributed by atoms with Gasteiger partial charge in [-0.1, -0.05) is 0 Å². The molecule has 0 rings (SSSR count). The van der Waals surface area contributed by atoms with Gasteiger partial charge in [-0.05, 0) is 34.1 Å². The second-order valence-electron chi connectivity index (χ2n) is 5.08. The lowest BCUT2D eigenvalue weighted by molar-refractivity contribution is -0.122. The van der Waals surface area contributed by atoms with Gasteiger partial charge in [0.25, 0.3) is 0 Å². The van der Waals surface area contributed by atoms with Crippen LogP contribution in [-0.2, 0) is 4.79 Å². The van der Waals surface area contributed by atoms with Crippen molar-refractivity contribution in [2.24, 2.45) is 5.73 Å². The lowest BCUT2D eigenvalue weighted by Crippen LogP contribution is -2.39. The molecule has 0 heterocycles. The lowest BCUT2D eigenvalue weighted by atomic mass is 10.00. The Labute approximate surface area is 85.9 Å². The monoisotopic (exact) mass is 202 g/mol. The van der Waals surface area contributed by atoms with E-state index in [-0.39, 0.29) is 18.0 Å². The molecule has 0 aromatic heterocycles. The van der Waals surface area contributed by atoms with Crippen LogP contribution in [-0.4, -0.2) is 28.7 Å². The van der Waals surface area contributed by atoms with Crippen LogP contribution >= 0.6 is 0 Å². The number of amides is 1. The summed E-state index contributed by atoms with van der Waals surface area (Å²) in [5.41, 5.74) is 4.57. The number of aliphatic hydroxyl groups is 1. The third-order valence-electron chi connectivity index (χ3n) is 1.71. The van der Waals surface area contributed by atoms with Crippen molar-refractivity contribution in [1.82, 2.24) is 5.32 Å². The number of carbonyl (C=O) groups is 1. The van der Waals surface area contributed by atoms with E-state index in [1.165, 1.54) is 0 Å². The normalized spacial score (nSPS) is 12.7. The summed E-state index contributed by atoms with van der Waals surface area (Å²) in [5.74, 6) is -0.0642. The molecule has 0 spiro atoms. The first kappa shape index (κ1) is 13.4. The van der Waals surface area contributed by atoms with Gasteiger partial charge in [0.15, 0.2) is 0 Å². The molecule has 0 aromatic carbocycles. The molecular weight excluding hydrogens is 180 g/mol. The standard InChI is InChI=1S/C10H22N2O2/c1-9(2,11)6-5-8(13)12-7-10(3,4)14/h14H,5-7,11H2,1-4H3,(H,12,13). The van der Waals surface area contributed by atoms with Gasteiger partial charge in [-0.25, -0.2) is 0 Å². The minimum Gasteiger partial charge on any atom is -0.389 e. The molecule has 0 unspecified atom stereocenters. The van der Waals surface area contributed by atoms with Crippen LogP contribution in [0.25, 0.3) is 0 Å². The molecule has 0 radical (unpaired) electrons. The molecule has 0 saturated carbocycles. The van der Waals surface area contributed by atoms with Crippen molar-refractivity contribution in [2.75, 3.05) is 6.54 Å². The first-order valence-corrected chi connectivity index (χ1v) is 4.88. The van der Waals surface area contributed by atoms with Crippen LogP contribution in [0.2, 0.25) is 0 Å². The molecule has 1 amide bonds. The lowest BCUT2D eigenvalue weighted by Gasteiger charge is -2.20. The van der Waals surface area contributed by atoms with E-state index in [2.05, 4.69) is 5.32 Å². The molecule has 0 saturated heterocycles. The zero-order valence-corrected chi connectivity index (χ0v) is 9.55. The zero-order valence-electron chi connectivity index (χ0n) is 9.55. The topological polar surface area (TPSA) is 75.4 Å². The van der Waals surface area contributed by atoms with Crippen LogP contribution in [0.5, 0.6) is 0 Å². The SMILES string of the molecule is CC(C)(N)CCC(=O)NCC(C)(C)O. The Morgan fingerprint density at radius 2 is 1.86 bits per heavy atom. The van der Waals surface area contributed by atoms with Crippen molar-refractivity contribution in [3.8, 4) is 0 Å². The molecule has 0 bridgehead atoms. The number of rotatable bonds is 5. The molecule has 14 heavy (non-hydrogen) atoms. The number of hydrogen-bond acceptors (Lipinski definition) is 3. The van der Waals surface area contributed by atoms with E-state index in [9.17, 15) is 9.90 Å². The Morgan fingerprint density at radius 3 is 2.21 bits per heavy atom. The average molecular weight is 202 g/mol. The molecule has 0 aromatic rings. The molecular formula is C10H22N2O2. The largest absolute Gasteiger partial charge is 0.389 e. The van der Waals surface area contributed by atoms with Gasteiger partial charge < -0.3 is 16.2 Å². The van der Waals surface area contributed by atoms with Crippen LogP contribution in [0, 0.1) is 0 Å². The van der Waals surface area contributed by atoms with Crippen LogP contribution in [0.1, 0.15) is 40.5 Å². The van der Waals surface area contributed by atoms with Gasteiger partial charge in [-0.3, -0.25) is 4.79 Å². The third kappa shape index (κ3) is 9.48. The second kappa shape index (κ2) is 4.75. The summed E-state index contributed by atoms with van der Waals surface area (Å²) >= 11 is 0. The first-order chi connectivity index (χ1) is 6.10. The molecule has 4 nitrogen and oxygen atoms in total. The highest BCUT2D eigenvalue weighted by molar-refractivity contribution is 5.76. The summed E-state index contributed by atoms with van der Waals surface area (Å²) in [5, 5.41) is 12.0. The number of nitrogens with one attached hydrogen (secondary N) is 1. The Balaban J connectivity index is 3.68. The molecule has 84 valence electrons. The zero-order chi connectivity index (χ0) is 11.4. The molecule has 4 N–H and O–H groups in total. The maximum Gasteiger partial charge on any atom is 0.220 e. The van der Waals surface area contributed by atoms with Crippen LogP contribution in [0.3, 0.4) is 0 Å². The summed E-state index contributed by atoms with van der Waals surface area (Å²) < 4.78 is 0. The highest BCUT2D eigenvalue weighted by atomic mass is 16.3. The fourth-order valence-corrected chi connectivity index (χ4v) is 0.839. The Hall–Kier alpha value is -0.610. The quantitative estimate of drug-likeness (QED) is 0.603. The van der Waals surface area contributed by atoms with Crippen LogP contribution < -0.4 is 11.1 Å². The predicted octanol–water partition coefficient (Wildman–Crippen LogP) is 0.391. The maximum atomic E-state index is 11.3. The van der Waals surface area contributed by atoms with E-state index in [1.807, 2.05) is 13.8 Å². The van der Waals surface area contributed by atoms with Gasteiger partial charge in [-0.15, -0.1) is 0 Å².